The van der Waals surface area contributed by atoms with E-state index in [1.807, 2.05) is 0 Å². The molecule has 0 unspecified atom stereocenters. The molecular formula is C33H21O10P. The number of phenolic OH excluding ortho intramolecular Hbond substituents is 3. The normalized spacial score (nSPS) is 11.4. The van der Waals surface area contributed by atoms with Crippen molar-refractivity contribution in [1.29, 1.82) is 0 Å². The Kier molecular flexibility index (Phi) is 7.12. The fourth-order valence-electron chi connectivity index (χ4n) is 5.12. The molecule has 0 radical (unpaired) electrons. The van der Waals surface area contributed by atoms with Crippen molar-refractivity contribution < 1.29 is 47.8 Å². The van der Waals surface area contributed by atoms with Gasteiger partial charge in [0, 0.05) is 49.0 Å². The van der Waals surface area contributed by atoms with E-state index in [1.165, 1.54) is 54.6 Å². The topological polar surface area (TPSA) is 157 Å². The first-order valence-electron chi connectivity index (χ1n) is 13.1. The first kappa shape index (κ1) is 28.3. The molecule has 0 aliphatic heterocycles. The van der Waals surface area contributed by atoms with Gasteiger partial charge in [0.2, 0.25) is 0 Å². The van der Waals surface area contributed by atoms with Crippen molar-refractivity contribution >= 4 is 59.0 Å². The highest BCUT2D eigenvalue weighted by Crippen LogP contribution is 2.54. The van der Waals surface area contributed by atoms with Crippen LogP contribution < -0.4 is 13.6 Å². The fraction of sp³-hybridized carbons (Fsp3) is 0. The standard InChI is InChI=1S/C33H21O10P/c34-16-19-4-1-7-22-28(13-10-25(37)31(19)22)41-44(40,42-29-14-11-26(38)32-20(17-35)5-2-8-23(29)32)43-30-15-12-27(39)33-21(18-36)6-3-9-24(30)33/h1-18,37-39H. The summed E-state index contributed by atoms with van der Waals surface area (Å²) in [5.41, 5.74) is 0.455. The van der Waals surface area contributed by atoms with E-state index in [9.17, 15) is 34.3 Å². The number of aromatic hydroxyl groups is 3. The highest BCUT2D eigenvalue weighted by Gasteiger charge is 2.36. The Bertz CT molecular complexity index is 1950. The lowest BCUT2D eigenvalue weighted by atomic mass is 10.0. The van der Waals surface area contributed by atoms with Crippen LogP contribution in [0.5, 0.6) is 34.5 Å². The van der Waals surface area contributed by atoms with E-state index >= 15 is 0 Å². The van der Waals surface area contributed by atoms with Crippen LogP contribution in [0, 0.1) is 0 Å². The summed E-state index contributed by atoms with van der Waals surface area (Å²) in [5, 5.41) is 32.6. The zero-order valence-corrected chi connectivity index (χ0v) is 23.4. The van der Waals surface area contributed by atoms with Crippen molar-refractivity contribution in [2.75, 3.05) is 0 Å². The molecule has 0 spiro atoms. The van der Waals surface area contributed by atoms with E-state index in [4.69, 9.17) is 13.6 Å². The molecular weight excluding hydrogens is 587 g/mol. The lowest BCUT2D eigenvalue weighted by molar-refractivity contribution is 0.111. The van der Waals surface area contributed by atoms with Gasteiger partial charge >= 0.3 is 7.82 Å². The predicted molar refractivity (Wildman–Crippen MR) is 162 cm³/mol. The van der Waals surface area contributed by atoms with Crippen molar-refractivity contribution in [3.05, 3.63) is 108 Å². The largest absolute Gasteiger partial charge is 0.647 e. The van der Waals surface area contributed by atoms with Gasteiger partial charge in [0.15, 0.2) is 18.9 Å². The summed E-state index contributed by atoms with van der Waals surface area (Å²) >= 11 is 0. The number of carbonyl (C=O) groups excluding carboxylic acids is 3. The van der Waals surface area contributed by atoms with E-state index in [1.54, 1.807) is 36.4 Å². The van der Waals surface area contributed by atoms with Gasteiger partial charge in [0.1, 0.15) is 34.5 Å². The Balaban J connectivity index is 1.55. The van der Waals surface area contributed by atoms with Gasteiger partial charge in [-0.2, -0.15) is 4.57 Å². The molecule has 0 saturated carbocycles. The Morgan fingerprint density at radius 2 is 0.750 bits per heavy atom. The number of phenols is 3. The number of phosphoric ester groups is 1. The third-order valence-electron chi connectivity index (χ3n) is 7.04. The summed E-state index contributed by atoms with van der Waals surface area (Å²) < 4.78 is 32.6. The van der Waals surface area contributed by atoms with Crippen LogP contribution in [0.2, 0.25) is 0 Å². The molecule has 6 aromatic carbocycles. The summed E-state index contributed by atoms with van der Waals surface area (Å²) in [4.78, 5) is 35.1. The number of carbonyl (C=O) groups is 3. The van der Waals surface area contributed by atoms with Crippen LogP contribution in [-0.4, -0.2) is 34.2 Å². The predicted octanol–water partition coefficient (Wildman–Crippen LogP) is 7.35. The molecule has 0 bridgehead atoms. The molecule has 0 heterocycles. The minimum absolute atomic E-state index is 0.0711. The first-order chi connectivity index (χ1) is 21.3. The minimum Gasteiger partial charge on any atom is -0.507 e. The third-order valence-corrected chi connectivity index (χ3v) is 8.30. The molecule has 0 atom stereocenters. The van der Waals surface area contributed by atoms with Gasteiger partial charge in [0.05, 0.1) is 0 Å². The maximum Gasteiger partial charge on any atom is 0.647 e. The molecule has 11 heteroatoms. The lowest BCUT2D eigenvalue weighted by Crippen LogP contribution is -2.09. The van der Waals surface area contributed by atoms with E-state index < -0.39 is 7.82 Å². The van der Waals surface area contributed by atoms with Gasteiger partial charge in [-0.3, -0.25) is 14.4 Å². The molecule has 3 N–H and O–H groups in total. The van der Waals surface area contributed by atoms with Gasteiger partial charge < -0.3 is 28.9 Å². The van der Waals surface area contributed by atoms with Crippen LogP contribution >= 0.6 is 7.82 Å². The fourth-order valence-corrected chi connectivity index (χ4v) is 6.43. The Labute approximate surface area is 248 Å². The number of benzene rings is 6. The summed E-state index contributed by atoms with van der Waals surface area (Å²) in [6.07, 6.45) is 1.66. The molecule has 218 valence electrons. The van der Waals surface area contributed by atoms with Crippen LogP contribution in [0.1, 0.15) is 31.1 Å². The van der Waals surface area contributed by atoms with Gasteiger partial charge in [-0.15, -0.1) is 0 Å². The number of phosphoric acid groups is 1. The van der Waals surface area contributed by atoms with Crippen LogP contribution in [0.3, 0.4) is 0 Å². The van der Waals surface area contributed by atoms with E-state index in [0.29, 0.717) is 18.9 Å². The highest BCUT2D eigenvalue weighted by atomic mass is 31.2. The smallest absolute Gasteiger partial charge is 0.507 e. The molecule has 44 heavy (non-hydrogen) atoms. The van der Waals surface area contributed by atoms with Crippen LogP contribution in [0.4, 0.5) is 0 Å². The zero-order valence-electron chi connectivity index (χ0n) is 22.5. The molecule has 0 amide bonds. The van der Waals surface area contributed by atoms with E-state index in [0.717, 1.165) is 0 Å². The number of fused-ring (bicyclic) bond motifs is 3. The second kappa shape index (κ2) is 11.1. The number of hydrogen-bond acceptors (Lipinski definition) is 10. The van der Waals surface area contributed by atoms with Crippen LogP contribution in [0.15, 0.2) is 91.0 Å². The molecule has 10 nitrogen and oxygen atoms in total. The zero-order chi connectivity index (χ0) is 31.0. The van der Waals surface area contributed by atoms with Crippen molar-refractivity contribution in [3.8, 4) is 34.5 Å². The molecule has 6 rings (SSSR count). The van der Waals surface area contributed by atoms with Gasteiger partial charge in [0.25, 0.3) is 0 Å². The Hall–Kier alpha value is -5.86. The summed E-state index contributed by atoms with van der Waals surface area (Å²) in [6, 6.07) is 21.5. The Morgan fingerprint density at radius 3 is 1.02 bits per heavy atom. The molecule has 0 saturated heterocycles. The maximum absolute atomic E-state index is 14.7. The summed E-state index contributed by atoms with van der Waals surface area (Å²) in [6.45, 7) is 0. The van der Waals surface area contributed by atoms with Gasteiger partial charge in [-0.25, -0.2) is 0 Å². The van der Waals surface area contributed by atoms with Crippen molar-refractivity contribution in [2.24, 2.45) is 0 Å². The first-order valence-corrected chi connectivity index (χ1v) is 14.5. The average Bonchev–Trinajstić information content (AvgIpc) is 3.04. The molecule has 0 aromatic heterocycles. The second-order valence-electron chi connectivity index (χ2n) is 9.63. The number of rotatable bonds is 9. The van der Waals surface area contributed by atoms with Gasteiger partial charge in [-0.05, 0) is 36.4 Å². The molecule has 0 aliphatic rings. The maximum atomic E-state index is 14.7. The van der Waals surface area contributed by atoms with Crippen molar-refractivity contribution in [1.82, 2.24) is 0 Å². The number of hydrogen-bond donors (Lipinski definition) is 3. The Morgan fingerprint density at radius 1 is 0.455 bits per heavy atom. The second-order valence-corrected chi connectivity index (χ2v) is 11.1. The van der Waals surface area contributed by atoms with Crippen molar-refractivity contribution in [2.45, 2.75) is 0 Å². The van der Waals surface area contributed by atoms with Crippen molar-refractivity contribution in [3.63, 3.8) is 0 Å². The van der Waals surface area contributed by atoms with Crippen LogP contribution in [0.25, 0.3) is 32.3 Å². The highest BCUT2D eigenvalue weighted by molar-refractivity contribution is 7.49. The average molecular weight is 608 g/mol. The number of aldehydes is 3. The quantitative estimate of drug-likeness (QED) is 0.112. The monoisotopic (exact) mass is 608 g/mol. The molecule has 6 aromatic rings. The summed E-state index contributed by atoms with van der Waals surface area (Å²) in [7, 11) is -4.82. The van der Waals surface area contributed by atoms with E-state index in [-0.39, 0.29) is 83.5 Å². The van der Waals surface area contributed by atoms with Gasteiger partial charge in [-0.1, -0.05) is 54.6 Å². The SMILES string of the molecule is O=Cc1cccc2c(OP(=O)(Oc3ccc(O)c4c(C=O)cccc34)Oc3ccc(O)c4c(C=O)cccc34)ccc(O)c12. The van der Waals surface area contributed by atoms with Crippen LogP contribution in [-0.2, 0) is 4.57 Å². The lowest BCUT2D eigenvalue weighted by Gasteiger charge is -2.22. The third kappa shape index (κ3) is 4.83. The summed E-state index contributed by atoms with van der Waals surface area (Å²) in [5.74, 6) is -0.870. The minimum atomic E-state index is -4.82. The van der Waals surface area contributed by atoms with E-state index in [2.05, 4.69) is 0 Å². The molecule has 0 fully saturated rings. The molecule has 0 aliphatic carbocycles.